The van der Waals surface area contributed by atoms with Gasteiger partial charge in [0.2, 0.25) is 5.91 Å². The van der Waals surface area contributed by atoms with E-state index in [9.17, 15) is 4.79 Å². The Morgan fingerprint density at radius 2 is 2.18 bits per heavy atom. The Hall–Kier alpha value is -1.26. The van der Waals surface area contributed by atoms with Crippen LogP contribution in [-0.4, -0.2) is 36.5 Å². The predicted molar refractivity (Wildman–Crippen MR) is 89.3 cm³/mol. The van der Waals surface area contributed by atoms with Gasteiger partial charge in [-0.1, -0.05) is 25.1 Å². The van der Waals surface area contributed by atoms with E-state index >= 15 is 0 Å². The Morgan fingerprint density at radius 1 is 1.41 bits per heavy atom. The number of carbonyl (C=O) groups is 1. The summed E-state index contributed by atoms with van der Waals surface area (Å²) in [4.78, 5) is 14.8. The molecule has 0 spiro atoms. The Kier molecular flexibility index (Phi) is 5.70. The lowest BCUT2D eigenvalue weighted by Gasteiger charge is -2.40. The molecule has 0 bridgehead atoms. The van der Waals surface area contributed by atoms with Gasteiger partial charge in [0, 0.05) is 19.1 Å². The van der Waals surface area contributed by atoms with Crippen LogP contribution >= 0.6 is 12.4 Å². The van der Waals surface area contributed by atoms with Gasteiger partial charge in [0.15, 0.2) is 0 Å². The highest BCUT2D eigenvalue weighted by atomic mass is 35.5. The third kappa shape index (κ3) is 3.39. The van der Waals surface area contributed by atoms with Gasteiger partial charge in [-0.3, -0.25) is 4.79 Å². The average molecular weight is 325 g/mol. The molecule has 122 valence electrons. The molecule has 2 aliphatic rings. The zero-order chi connectivity index (χ0) is 14.8. The van der Waals surface area contributed by atoms with Crippen LogP contribution in [0.25, 0.3) is 0 Å². The Bertz CT molecular complexity index is 523. The second-order valence-electron chi connectivity index (χ2n) is 6.37. The van der Waals surface area contributed by atoms with Crippen LogP contribution in [0.4, 0.5) is 0 Å². The molecular weight excluding hydrogens is 300 g/mol. The number of para-hydroxylation sites is 1. The standard InChI is InChI=1S/C17H24N2O2.ClH/c1-12-6-7-19(15(8-12)10-18)17(20)14-9-13-4-2-3-5-16(13)21-11-14;/h2-5,12,14-15H,6-11,18H2,1H3;1H. The number of carbonyl (C=O) groups excluding carboxylic acids is 1. The molecule has 4 nitrogen and oxygen atoms in total. The summed E-state index contributed by atoms with van der Waals surface area (Å²) < 4.78 is 5.76. The van der Waals surface area contributed by atoms with E-state index in [4.69, 9.17) is 10.5 Å². The molecule has 2 N–H and O–H groups in total. The van der Waals surface area contributed by atoms with Crippen molar-refractivity contribution in [3.63, 3.8) is 0 Å². The first-order chi connectivity index (χ1) is 10.2. The van der Waals surface area contributed by atoms with Crippen molar-refractivity contribution in [2.24, 2.45) is 17.6 Å². The lowest BCUT2D eigenvalue weighted by Crippen LogP contribution is -2.52. The fraction of sp³-hybridized carbons (Fsp3) is 0.588. The summed E-state index contributed by atoms with van der Waals surface area (Å²) in [6.45, 7) is 4.11. The first kappa shape index (κ1) is 17.1. The van der Waals surface area contributed by atoms with E-state index in [1.54, 1.807) is 0 Å². The summed E-state index contributed by atoms with van der Waals surface area (Å²) in [7, 11) is 0. The first-order valence-corrected chi connectivity index (χ1v) is 7.90. The quantitative estimate of drug-likeness (QED) is 0.907. The zero-order valence-electron chi connectivity index (χ0n) is 13.0. The maximum absolute atomic E-state index is 12.8. The van der Waals surface area contributed by atoms with E-state index in [-0.39, 0.29) is 30.3 Å². The third-order valence-electron chi connectivity index (χ3n) is 4.76. The molecule has 3 rings (SSSR count). The molecule has 1 saturated heterocycles. The highest BCUT2D eigenvalue weighted by molar-refractivity contribution is 5.85. The van der Waals surface area contributed by atoms with Crippen LogP contribution in [0.5, 0.6) is 5.75 Å². The van der Waals surface area contributed by atoms with Crippen LogP contribution in [0.3, 0.4) is 0 Å². The number of piperidine rings is 1. The van der Waals surface area contributed by atoms with E-state index in [1.165, 1.54) is 0 Å². The summed E-state index contributed by atoms with van der Waals surface area (Å²) in [5, 5.41) is 0. The molecule has 0 aliphatic carbocycles. The van der Waals surface area contributed by atoms with Gasteiger partial charge in [-0.25, -0.2) is 0 Å². The zero-order valence-corrected chi connectivity index (χ0v) is 13.8. The molecule has 0 aromatic heterocycles. The smallest absolute Gasteiger partial charge is 0.229 e. The number of amides is 1. The van der Waals surface area contributed by atoms with Crippen LogP contribution in [0.2, 0.25) is 0 Å². The van der Waals surface area contributed by atoms with Crippen LogP contribution in [0, 0.1) is 11.8 Å². The molecule has 0 saturated carbocycles. The largest absolute Gasteiger partial charge is 0.492 e. The Labute approximate surface area is 138 Å². The molecule has 1 amide bonds. The van der Waals surface area contributed by atoms with Gasteiger partial charge in [0.1, 0.15) is 12.4 Å². The number of hydrogen-bond donors (Lipinski definition) is 1. The van der Waals surface area contributed by atoms with Gasteiger partial charge in [0.25, 0.3) is 0 Å². The van der Waals surface area contributed by atoms with E-state index in [1.807, 2.05) is 29.2 Å². The van der Waals surface area contributed by atoms with E-state index in [0.29, 0.717) is 19.1 Å². The van der Waals surface area contributed by atoms with Crippen molar-refractivity contribution in [1.29, 1.82) is 0 Å². The molecule has 5 heteroatoms. The second-order valence-corrected chi connectivity index (χ2v) is 6.37. The van der Waals surface area contributed by atoms with Gasteiger partial charge in [-0.05, 0) is 36.8 Å². The number of nitrogens with two attached hydrogens (primary N) is 1. The summed E-state index contributed by atoms with van der Waals surface area (Å²) in [5.74, 6) is 1.73. The molecule has 3 atom stereocenters. The SMILES string of the molecule is CC1CCN(C(=O)C2COc3ccccc3C2)C(CN)C1.Cl. The van der Waals surface area contributed by atoms with Gasteiger partial charge in [0.05, 0.1) is 5.92 Å². The second kappa shape index (κ2) is 7.34. The van der Waals surface area contributed by atoms with E-state index in [2.05, 4.69) is 6.92 Å². The highest BCUT2D eigenvalue weighted by Crippen LogP contribution is 2.30. The number of rotatable bonds is 2. The van der Waals surface area contributed by atoms with Gasteiger partial charge < -0.3 is 15.4 Å². The fourth-order valence-corrected chi connectivity index (χ4v) is 3.49. The Morgan fingerprint density at radius 3 is 2.95 bits per heavy atom. The lowest BCUT2D eigenvalue weighted by atomic mass is 9.89. The molecule has 2 aliphatic heterocycles. The van der Waals surface area contributed by atoms with Crippen LogP contribution in [-0.2, 0) is 11.2 Å². The molecule has 1 fully saturated rings. The molecule has 3 unspecified atom stereocenters. The van der Waals surface area contributed by atoms with Crippen molar-refractivity contribution >= 4 is 18.3 Å². The molecular formula is C17H25ClN2O2. The van der Waals surface area contributed by atoms with Crippen molar-refractivity contribution in [3.8, 4) is 5.75 Å². The third-order valence-corrected chi connectivity index (χ3v) is 4.76. The van der Waals surface area contributed by atoms with Crippen molar-refractivity contribution in [2.45, 2.75) is 32.2 Å². The van der Waals surface area contributed by atoms with Crippen molar-refractivity contribution in [1.82, 2.24) is 4.90 Å². The highest BCUT2D eigenvalue weighted by Gasteiger charge is 2.35. The predicted octanol–water partition coefficient (Wildman–Crippen LogP) is 2.25. The van der Waals surface area contributed by atoms with Gasteiger partial charge in [-0.15, -0.1) is 12.4 Å². The van der Waals surface area contributed by atoms with Gasteiger partial charge in [-0.2, -0.15) is 0 Å². The molecule has 1 aromatic rings. The minimum absolute atomic E-state index is 0. The number of halogens is 1. The number of likely N-dealkylation sites (tertiary alicyclic amines) is 1. The summed E-state index contributed by atoms with van der Waals surface area (Å²) in [6.07, 6.45) is 2.87. The molecule has 2 heterocycles. The Balaban J connectivity index is 0.00000176. The van der Waals surface area contributed by atoms with Gasteiger partial charge >= 0.3 is 0 Å². The number of fused-ring (bicyclic) bond motifs is 1. The molecule has 22 heavy (non-hydrogen) atoms. The number of hydrogen-bond acceptors (Lipinski definition) is 3. The summed E-state index contributed by atoms with van der Waals surface area (Å²) in [5.41, 5.74) is 7.01. The summed E-state index contributed by atoms with van der Waals surface area (Å²) >= 11 is 0. The molecule has 1 aromatic carbocycles. The van der Waals surface area contributed by atoms with E-state index < -0.39 is 0 Å². The number of ether oxygens (including phenoxy) is 1. The topological polar surface area (TPSA) is 55.6 Å². The maximum atomic E-state index is 12.8. The average Bonchev–Trinajstić information content (AvgIpc) is 2.53. The summed E-state index contributed by atoms with van der Waals surface area (Å²) in [6, 6.07) is 8.19. The van der Waals surface area contributed by atoms with Crippen molar-refractivity contribution in [3.05, 3.63) is 29.8 Å². The van der Waals surface area contributed by atoms with Crippen LogP contribution in [0.1, 0.15) is 25.3 Å². The number of nitrogens with zero attached hydrogens (tertiary/aromatic N) is 1. The van der Waals surface area contributed by atoms with Crippen LogP contribution < -0.4 is 10.5 Å². The fourth-order valence-electron chi connectivity index (χ4n) is 3.49. The minimum atomic E-state index is -0.0673. The maximum Gasteiger partial charge on any atom is 0.229 e. The minimum Gasteiger partial charge on any atom is -0.492 e. The van der Waals surface area contributed by atoms with E-state index in [0.717, 1.165) is 37.1 Å². The first-order valence-electron chi connectivity index (χ1n) is 7.90. The normalized spacial score (nSPS) is 27.4. The van der Waals surface area contributed by atoms with Crippen LogP contribution in [0.15, 0.2) is 24.3 Å². The van der Waals surface area contributed by atoms with Crippen molar-refractivity contribution < 1.29 is 9.53 Å². The monoisotopic (exact) mass is 324 g/mol. The molecule has 0 radical (unpaired) electrons. The lowest BCUT2D eigenvalue weighted by molar-refractivity contribution is -0.141. The van der Waals surface area contributed by atoms with Crippen molar-refractivity contribution in [2.75, 3.05) is 19.7 Å². The number of benzene rings is 1.